The van der Waals surface area contributed by atoms with Gasteiger partial charge in [0, 0.05) is 18.1 Å². The third-order valence-corrected chi connectivity index (χ3v) is 6.36. The lowest BCUT2D eigenvalue weighted by molar-refractivity contribution is -0.384. The third kappa shape index (κ3) is 1.86. The molecule has 0 radical (unpaired) electrons. The topological polar surface area (TPSA) is 89.8 Å². The number of hydrogen-bond donors (Lipinski definition) is 0. The maximum Gasteiger partial charge on any atom is 0.269 e. The van der Waals surface area contributed by atoms with Crippen LogP contribution in [0.2, 0.25) is 0 Å². The SMILES string of the molecule is CC1=C[C@]2(C3CC3)OC[C@H]1[C@@H]1C(=O)N(c3ccc([N+](=O)[O-])cc3)C(=O)[C@@H]12. The Balaban J connectivity index is 1.57. The van der Waals surface area contributed by atoms with Gasteiger partial charge in [-0.15, -0.1) is 0 Å². The molecule has 4 atom stereocenters. The Bertz CT molecular complexity index is 872. The molecule has 3 aliphatic heterocycles. The van der Waals surface area contributed by atoms with Crippen molar-refractivity contribution in [1.29, 1.82) is 0 Å². The lowest BCUT2D eigenvalue weighted by Crippen LogP contribution is -2.57. The molecule has 0 aromatic heterocycles. The Hall–Kier alpha value is -2.54. The van der Waals surface area contributed by atoms with E-state index >= 15 is 0 Å². The molecule has 3 heterocycles. The minimum atomic E-state index is -0.661. The van der Waals surface area contributed by atoms with Gasteiger partial charge < -0.3 is 4.74 Å². The first kappa shape index (κ1) is 15.7. The summed E-state index contributed by atoms with van der Waals surface area (Å²) in [6.07, 6.45) is 4.11. The number of anilines is 1. The van der Waals surface area contributed by atoms with Crippen molar-refractivity contribution >= 4 is 23.2 Å². The van der Waals surface area contributed by atoms with E-state index in [-0.39, 0.29) is 23.4 Å². The number of nitro benzene ring substituents is 1. The first-order valence-electron chi connectivity index (χ1n) is 8.89. The predicted molar refractivity (Wildman–Crippen MR) is 91.2 cm³/mol. The highest BCUT2D eigenvalue weighted by Gasteiger charge is 2.68. The van der Waals surface area contributed by atoms with Crippen LogP contribution in [0.15, 0.2) is 35.9 Å². The summed E-state index contributed by atoms with van der Waals surface area (Å²) in [6.45, 7) is 2.50. The van der Waals surface area contributed by atoms with E-state index in [4.69, 9.17) is 4.74 Å². The number of amides is 2. The van der Waals surface area contributed by atoms with Crippen LogP contribution < -0.4 is 4.90 Å². The number of imide groups is 1. The van der Waals surface area contributed by atoms with Crippen LogP contribution in [0.1, 0.15) is 19.8 Å². The summed E-state index contributed by atoms with van der Waals surface area (Å²) < 4.78 is 6.16. The van der Waals surface area contributed by atoms with Gasteiger partial charge in [0.05, 0.1) is 29.1 Å². The van der Waals surface area contributed by atoms with E-state index in [1.54, 1.807) is 0 Å². The standard InChI is InChI=1S/C19H18N2O5/c1-10-8-19(11-2-3-11)16-15(14(10)9-26-19)17(22)20(18(16)23)12-4-6-13(7-5-12)21(24)25/h4-8,11,14-16H,2-3,9H2,1H3/t14-,15+,16-,19-/m1/s1. The number of fused-ring (bicyclic) bond motifs is 1. The Morgan fingerprint density at radius 3 is 2.46 bits per heavy atom. The monoisotopic (exact) mass is 354 g/mol. The van der Waals surface area contributed by atoms with Crippen molar-refractivity contribution in [1.82, 2.24) is 0 Å². The number of carbonyl (C=O) groups excluding carboxylic acids is 2. The predicted octanol–water partition coefficient (Wildman–Crippen LogP) is 2.46. The highest BCUT2D eigenvalue weighted by molar-refractivity contribution is 6.23. The molecule has 134 valence electrons. The van der Waals surface area contributed by atoms with E-state index in [9.17, 15) is 19.7 Å². The normalized spacial score (nSPS) is 35.5. The molecule has 1 saturated carbocycles. The zero-order valence-corrected chi connectivity index (χ0v) is 14.3. The van der Waals surface area contributed by atoms with Crippen molar-refractivity contribution in [2.24, 2.45) is 23.7 Å². The van der Waals surface area contributed by atoms with Crippen molar-refractivity contribution in [3.8, 4) is 0 Å². The first-order valence-corrected chi connectivity index (χ1v) is 8.89. The maximum absolute atomic E-state index is 13.3. The van der Waals surface area contributed by atoms with Crippen molar-refractivity contribution < 1.29 is 19.2 Å². The Kier molecular flexibility index (Phi) is 3.02. The number of benzene rings is 1. The van der Waals surface area contributed by atoms with Crippen LogP contribution in [0.25, 0.3) is 0 Å². The van der Waals surface area contributed by atoms with E-state index in [0.29, 0.717) is 18.2 Å². The van der Waals surface area contributed by atoms with Gasteiger partial charge in [-0.3, -0.25) is 19.7 Å². The maximum atomic E-state index is 13.3. The molecule has 6 rings (SSSR count). The van der Waals surface area contributed by atoms with Gasteiger partial charge in [0.2, 0.25) is 11.8 Å². The average molecular weight is 354 g/mol. The largest absolute Gasteiger partial charge is 0.369 e. The second-order valence-corrected chi connectivity index (χ2v) is 7.72. The summed E-state index contributed by atoms with van der Waals surface area (Å²) >= 11 is 0. The van der Waals surface area contributed by atoms with Gasteiger partial charge in [-0.2, -0.15) is 0 Å². The van der Waals surface area contributed by atoms with Gasteiger partial charge in [0.1, 0.15) is 5.60 Å². The molecule has 1 aromatic rings. The molecule has 7 nitrogen and oxygen atoms in total. The minimum Gasteiger partial charge on any atom is -0.369 e. The van der Waals surface area contributed by atoms with E-state index in [1.807, 2.05) is 6.92 Å². The molecule has 1 aromatic carbocycles. The van der Waals surface area contributed by atoms with E-state index in [1.165, 1.54) is 29.2 Å². The molecule has 0 spiro atoms. The molecular formula is C19H18N2O5. The highest BCUT2D eigenvalue weighted by Crippen LogP contribution is 2.60. The molecule has 0 N–H and O–H groups in total. The summed E-state index contributed by atoms with van der Waals surface area (Å²) in [4.78, 5) is 38.0. The van der Waals surface area contributed by atoms with E-state index in [0.717, 1.165) is 18.4 Å². The number of nitrogens with zero attached hydrogens (tertiary/aromatic N) is 2. The minimum absolute atomic E-state index is 0.0689. The zero-order chi connectivity index (χ0) is 18.2. The van der Waals surface area contributed by atoms with Crippen molar-refractivity contribution in [3.05, 3.63) is 46.0 Å². The molecule has 2 saturated heterocycles. The lowest BCUT2D eigenvalue weighted by atomic mass is 9.62. The molecular weight excluding hydrogens is 336 g/mol. The summed E-state index contributed by atoms with van der Waals surface area (Å²) in [5, 5.41) is 10.9. The number of hydrogen-bond acceptors (Lipinski definition) is 5. The van der Waals surface area contributed by atoms with Crippen molar-refractivity contribution in [2.45, 2.75) is 25.4 Å². The molecule has 7 heteroatoms. The number of ether oxygens (including phenoxy) is 1. The molecule has 5 aliphatic rings. The van der Waals surface area contributed by atoms with E-state index < -0.39 is 22.4 Å². The molecule has 0 unspecified atom stereocenters. The van der Waals surface area contributed by atoms with Crippen LogP contribution in [0.3, 0.4) is 0 Å². The lowest BCUT2D eigenvalue weighted by Gasteiger charge is -2.50. The van der Waals surface area contributed by atoms with Crippen molar-refractivity contribution in [2.75, 3.05) is 11.5 Å². The number of non-ortho nitro benzene ring substituents is 1. The fourth-order valence-electron chi connectivity index (χ4n) is 5.01. The number of nitro groups is 1. The molecule has 2 bridgehead atoms. The van der Waals surface area contributed by atoms with Gasteiger partial charge >= 0.3 is 0 Å². The highest BCUT2D eigenvalue weighted by atomic mass is 16.6. The second kappa shape index (κ2) is 5.01. The first-order chi connectivity index (χ1) is 12.4. The summed E-state index contributed by atoms with van der Waals surface area (Å²) in [5.74, 6) is -1.11. The summed E-state index contributed by atoms with van der Waals surface area (Å²) in [7, 11) is 0. The van der Waals surface area contributed by atoms with Crippen LogP contribution in [-0.4, -0.2) is 28.9 Å². The van der Waals surface area contributed by atoms with Crippen molar-refractivity contribution in [3.63, 3.8) is 0 Å². The fourth-order valence-corrected chi connectivity index (χ4v) is 5.01. The Morgan fingerprint density at radius 2 is 1.88 bits per heavy atom. The van der Waals surface area contributed by atoms with Crippen LogP contribution in [-0.2, 0) is 14.3 Å². The van der Waals surface area contributed by atoms with Crippen LogP contribution >= 0.6 is 0 Å². The average Bonchev–Trinajstić information content (AvgIpc) is 3.43. The molecule has 26 heavy (non-hydrogen) atoms. The van der Waals surface area contributed by atoms with Gasteiger partial charge in [-0.1, -0.05) is 11.6 Å². The third-order valence-electron chi connectivity index (χ3n) is 6.36. The van der Waals surface area contributed by atoms with Crippen LogP contribution in [0.5, 0.6) is 0 Å². The Labute approximate surface area is 149 Å². The Morgan fingerprint density at radius 1 is 1.19 bits per heavy atom. The number of carbonyl (C=O) groups is 2. The fraction of sp³-hybridized carbons (Fsp3) is 0.474. The van der Waals surface area contributed by atoms with Crippen LogP contribution in [0.4, 0.5) is 11.4 Å². The number of rotatable bonds is 3. The molecule has 2 amide bonds. The molecule has 3 fully saturated rings. The van der Waals surface area contributed by atoms with Gasteiger partial charge in [-0.25, -0.2) is 4.90 Å². The van der Waals surface area contributed by atoms with Gasteiger partial charge in [0.15, 0.2) is 0 Å². The van der Waals surface area contributed by atoms with E-state index in [2.05, 4.69) is 6.08 Å². The van der Waals surface area contributed by atoms with Crippen LogP contribution in [0, 0.1) is 33.8 Å². The summed E-state index contributed by atoms with van der Waals surface area (Å²) in [5.41, 5.74) is 0.797. The van der Waals surface area contributed by atoms with Gasteiger partial charge in [-0.05, 0) is 37.8 Å². The molecule has 2 aliphatic carbocycles. The summed E-state index contributed by atoms with van der Waals surface area (Å²) in [6, 6.07) is 5.59. The zero-order valence-electron chi connectivity index (χ0n) is 14.3. The quantitative estimate of drug-likeness (QED) is 0.360. The van der Waals surface area contributed by atoms with Gasteiger partial charge in [0.25, 0.3) is 5.69 Å². The smallest absolute Gasteiger partial charge is 0.269 e. The second-order valence-electron chi connectivity index (χ2n) is 7.72.